The Morgan fingerprint density at radius 1 is 1.30 bits per heavy atom. The Morgan fingerprint density at radius 2 is 2.09 bits per heavy atom. The molecule has 116 valence electrons. The summed E-state index contributed by atoms with van der Waals surface area (Å²) in [4.78, 5) is 23.5. The highest BCUT2D eigenvalue weighted by Crippen LogP contribution is 2.35. The molecule has 0 radical (unpaired) electrons. The van der Waals surface area contributed by atoms with Gasteiger partial charge in [-0.05, 0) is 37.1 Å². The molecule has 4 rings (SSSR count). The molecule has 0 saturated carbocycles. The minimum absolute atomic E-state index is 0.0335. The average molecular weight is 326 g/mol. The first-order valence-electron chi connectivity index (χ1n) is 7.70. The summed E-state index contributed by atoms with van der Waals surface area (Å²) in [7, 11) is 0. The highest BCUT2D eigenvalue weighted by molar-refractivity contribution is 6.30. The van der Waals surface area contributed by atoms with E-state index in [1.165, 1.54) is 0 Å². The predicted molar refractivity (Wildman–Crippen MR) is 90.0 cm³/mol. The lowest BCUT2D eigenvalue weighted by Gasteiger charge is -2.41. The molecule has 1 aromatic heterocycles. The van der Waals surface area contributed by atoms with Crippen LogP contribution >= 0.6 is 11.6 Å². The first-order chi connectivity index (χ1) is 11.1. The number of pyridine rings is 1. The fraction of sp³-hybridized carbons (Fsp3) is 0.278. The Kier molecular flexibility index (Phi) is 3.42. The molecule has 4 nitrogen and oxygen atoms in total. The fourth-order valence-corrected chi connectivity index (χ4v) is 3.28. The number of halogens is 1. The molecular weight excluding hydrogens is 310 g/mol. The van der Waals surface area contributed by atoms with Crippen LogP contribution in [0.25, 0.3) is 0 Å². The van der Waals surface area contributed by atoms with Crippen LogP contribution in [-0.4, -0.2) is 28.0 Å². The third kappa shape index (κ3) is 2.43. The van der Waals surface area contributed by atoms with E-state index in [1.54, 1.807) is 6.20 Å². The summed E-state index contributed by atoms with van der Waals surface area (Å²) in [5, 5.41) is 0.712. The van der Waals surface area contributed by atoms with Gasteiger partial charge in [0, 0.05) is 29.0 Å². The van der Waals surface area contributed by atoms with Gasteiger partial charge in [-0.1, -0.05) is 23.7 Å². The smallest absolute Gasteiger partial charge is 0.255 e. The van der Waals surface area contributed by atoms with Crippen molar-refractivity contribution in [3.05, 3.63) is 63.9 Å². The number of nitrogens with zero attached hydrogens (tertiary/aromatic N) is 3. The van der Waals surface area contributed by atoms with E-state index in [0.29, 0.717) is 17.1 Å². The summed E-state index contributed by atoms with van der Waals surface area (Å²) in [5.74, 6) is 0.0335. The van der Waals surface area contributed by atoms with E-state index in [1.807, 2.05) is 42.2 Å². The van der Waals surface area contributed by atoms with Gasteiger partial charge in [-0.3, -0.25) is 14.8 Å². The Balaban J connectivity index is 1.59. The quantitative estimate of drug-likeness (QED) is 0.846. The summed E-state index contributed by atoms with van der Waals surface area (Å²) in [6.45, 7) is 3.35. The van der Waals surface area contributed by atoms with Gasteiger partial charge >= 0.3 is 0 Å². The molecule has 3 heterocycles. The molecular formula is C18H16ClN3O. The molecule has 2 aliphatic rings. The monoisotopic (exact) mass is 325 g/mol. The molecule has 2 aromatic rings. The number of likely N-dealkylation sites (tertiary alicyclic amines) is 1. The highest BCUT2D eigenvalue weighted by atomic mass is 35.5. The second-order valence-electron chi connectivity index (χ2n) is 5.97. The zero-order chi connectivity index (χ0) is 16.0. The summed E-state index contributed by atoms with van der Waals surface area (Å²) in [6, 6.07) is 9.77. The molecule has 1 saturated heterocycles. The van der Waals surface area contributed by atoms with Crippen molar-refractivity contribution in [3.8, 4) is 0 Å². The number of aromatic nitrogens is 1. The van der Waals surface area contributed by atoms with Crippen LogP contribution in [0.4, 0.5) is 0 Å². The van der Waals surface area contributed by atoms with Gasteiger partial charge in [0.05, 0.1) is 23.8 Å². The van der Waals surface area contributed by atoms with E-state index in [4.69, 9.17) is 11.6 Å². The van der Waals surface area contributed by atoms with E-state index in [0.717, 1.165) is 35.5 Å². The predicted octanol–water partition coefficient (Wildman–Crippen LogP) is 3.64. The summed E-state index contributed by atoms with van der Waals surface area (Å²) >= 11 is 5.94. The second kappa shape index (κ2) is 5.46. The number of benzene rings is 1. The van der Waals surface area contributed by atoms with Crippen LogP contribution in [0.3, 0.4) is 0 Å². The lowest BCUT2D eigenvalue weighted by atomic mass is 9.93. The third-order valence-electron chi connectivity index (χ3n) is 4.61. The molecule has 0 spiro atoms. The van der Waals surface area contributed by atoms with Crippen LogP contribution in [0.1, 0.15) is 46.6 Å². The molecule has 0 aliphatic carbocycles. The molecule has 23 heavy (non-hydrogen) atoms. The van der Waals surface area contributed by atoms with Crippen molar-refractivity contribution in [3.63, 3.8) is 0 Å². The highest BCUT2D eigenvalue weighted by Gasteiger charge is 2.34. The zero-order valence-electron chi connectivity index (χ0n) is 12.8. The van der Waals surface area contributed by atoms with Crippen molar-refractivity contribution in [2.45, 2.75) is 25.9 Å². The second-order valence-corrected chi connectivity index (χ2v) is 6.41. The van der Waals surface area contributed by atoms with Gasteiger partial charge in [0.2, 0.25) is 0 Å². The molecule has 1 atom stereocenters. The van der Waals surface area contributed by atoms with Gasteiger partial charge in [0.1, 0.15) is 0 Å². The minimum Gasteiger partial charge on any atom is -0.331 e. The molecule has 1 aromatic carbocycles. The van der Waals surface area contributed by atoms with E-state index >= 15 is 0 Å². The lowest BCUT2D eigenvalue weighted by molar-refractivity contribution is 0.0460. The van der Waals surface area contributed by atoms with E-state index in [-0.39, 0.29) is 11.9 Å². The SMILES string of the molecule is CC1=NCc2ncc(C(=O)N3CCC3c3ccc(Cl)cc3)cc21. The maximum Gasteiger partial charge on any atom is 0.255 e. The van der Waals surface area contributed by atoms with Crippen LogP contribution in [0.5, 0.6) is 0 Å². The van der Waals surface area contributed by atoms with E-state index in [9.17, 15) is 4.79 Å². The number of hydrogen-bond acceptors (Lipinski definition) is 3. The van der Waals surface area contributed by atoms with Crippen LogP contribution < -0.4 is 0 Å². The van der Waals surface area contributed by atoms with Gasteiger partial charge < -0.3 is 4.90 Å². The Hall–Kier alpha value is -2.20. The van der Waals surface area contributed by atoms with Crippen molar-refractivity contribution in [1.29, 1.82) is 0 Å². The third-order valence-corrected chi connectivity index (χ3v) is 4.86. The van der Waals surface area contributed by atoms with Gasteiger partial charge in [-0.2, -0.15) is 0 Å². The Labute approximate surface area is 139 Å². The Bertz CT molecular complexity index is 814. The number of carbonyl (C=O) groups is 1. The maximum atomic E-state index is 12.8. The standard InChI is InChI=1S/C18H16ClN3O/c1-11-15-8-13(9-21-16(15)10-20-11)18(23)22-7-6-17(22)12-2-4-14(19)5-3-12/h2-5,8-9,17H,6-7,10H2,1H3. The molecule has 0 N–H and O–H groups in total. The molecule has 5 heteroatoms. The number of amides is 1. The van der Waals surface area contributed by atoms with Crippen LogP contribution in [0.2, 0.25) is 5.02 Å². The van der Waals surface area contributed by atoms with Crippen LogP contribution in [0.15, 0.2) is 41.5 Å². The van der Waals surface area contributed by atoms with Crippen molar-refractivity contribution >= 4 is 23.2 Å². The van der Waals surface area contributed by atoms with Crippen LogP contribution in [0, 0.1) is 0 Å². The summed E-state index contributed by atoms with van der Waals surface area (Å²) in [6.07, 6.45) is 2.65. The summed E-state index contributed by atoms with van der Waals surface area (Å²) < 4.78 is 0. The number of aliphatic imine (C=N–C) groups is 1. The fourth-order valence-electron chi connectivity index (χ4n) is 3.16. The number of rotatable bonds is 2. The summed E-state index contributed by atoms with van der Waals surface area (Å²) in [5.41, 5.74) is 4.68. The van der Waals surface area contributed by atoms with Crippen molar-refractivity contribution in [2.24, 2.45) is 4.99 Å². The molecule has 0 bridgehead atoms. The van der Waals surface area contributed by atoms with E-state index in [2.05, 4.69) is 9.98 Å². The minimum atomic E-state index is 0.0335. The first kappa shape index (κ1) is 14.4. The topological polar surface area (TPSA) is 45.6 Å². The molecule has 1 fully saturated rings. The van der Waals surface area contributed by atoms with E-state index < -0.39 is 0 Å². The molecule has 1 unspecified atom stereocenters. The van der Waals surface area contributed by atoms with Crippen molar-refractivity contribution in [1.82, 2.24) is 9.88 Å². The maximum absolute atomic E-state index is 12.8. The number of fused-ring (bicyclic) bond motifs is 1. The average Bonchev–Trinajstić information content (AvgIpc) is 2.89. The number of hydrogen-bond donors (Lipinski definition) is 0. The van der Waals surface area contributed by atoms with Gasteiger partial charge in [0.15, 0.2) is 0 Å². The van der Waals surface area contributed by atoms with Crippen LogP contribution in [-0.2, 0) is 6.54 Å². The lowest BCUT2D eigenvalue weighted by Crippen LogP contribution is -2.45. The largest absolute Gasteiger partial charge is 0.331 e. The van der Waals surface area contributed by atoms with Gasteiger partial charge in [-0.25, -0.2) is 0 Å². The first-order valence-corrected chi connectivity index (χ1v) is 8.08. The molecule has 2 aliphatic heterocycles. The van der Waals surface area contributed by atoms with Crippen molar-refractivity contribution in [2.75, 3.05) is 6.54 Å². The number of carbonyl (C=O) groups excluding carboxylic acids is 1. The van der Waals surface area contributed by atoms with Gasteiger partial charge in [0.25, 0.3) is 5.91 Å². The van der Waals surface area contributed by atoms with Gasteiger partial charge in [-0.15, -0.1) is 0 Å². The van der Waals surface area contributed by atoms with Crippen molar-refractivity contribution < 1.29 is 4.79 Å². The normalized spacial score (nSPS) is 19.1. The Morgan fingerprint density at radius 3 is 2.78 bits per heavy atom. The molecule has 1 amide bonds. The zero-order valence-corrected chi connectivity index (χ0v) is 13.5.